The molecule has 0 aliphatic heterocycles. The van der Waals surface area contributed by atoms with E-state index in [2.05, 4.69) is 15.3 Å². The van der Waals surface area contributed by atoms with Gasteiger partial charge in [0, 0.05) is 25.5 Å². The van der Waals surface area contributed by atoms with Crippen molar-refractivity contribution in [1.82, 2.24) is 15.3 Å². The molecule has 0 aliphatic carbocycles. The third kappa shape index (κ3) is 4.18. The van der Waals surface area contributed by atoms with E-state index in [0.717, 1.165) is 5.56 Å². The monoisotopic (exact) mass is 325 g/mol. The summed E-state index contributed by atoms with van der Waals surface area (Å²) in [5, 5.41) is 13.6. The molecule has 1 unspecified atom stereocenters. The highest BCUT2D eigenvalue weighted by atomic mass is 16.5. The van der Waals surface area contributed by atoms with E-state index in [4.69, 9.17) is 9.15 Å². The lowest BCUT2D eigenvalue weighted by molar-refractivity contribution is 0.0340. The molecule has 0 saturated heterocycles. The molecule has 0 radical (unpaired) electrons. The second kappa shape index (κ2) is 7.25. The topological polar surface area (TPSA) is 80.4 Å². The number of aromatic nitrogens is 2. The number of hydrogen-bond donors (Lipinski definition) is 2. The van der Waals surface area contributed by atoms with E-state index < -0.39 is 5.60 Å². The van der Waals surface area contributed by atoms with Crippen LogP contribution in [-0.4, -0.2) is 21.6 Å². The number of aliphatic hydroxyl groups is 1. The molecular weight excluding hydrogens is 306 g/mol. The minimum absolute atomic E-state index is 0.387. The van der Waals surface area contributed by atoms with Crippen LogP contribution in [0.2, 0.25) is 0 Å². The number of furan rings is 1. The van der Waals surface area contributed by atoms with Crippen molar-refractivity contribution in [3.8, 4) is 11.6 Å². The van der Waals surface area contributed by atoms with Crippen molar-refractivity contribution < 1.29 is 14.3 Å². The third-order valence-corrected chi connectivity index (χ3v) is 3.54. The van der Waals surface area contributed by atoms with Gasteiger partial charge < -0.3 is 19.6 Å². The fourth-order valence-corrected chi connectivity index (χ4v) is 2.26. The zero-order chi connectivity index (χ0) is 16.8. The molecular formula is C18H19N3O3. The SMILES string of the molecule is CC(O)(CNCc1ccc(Oc2cnccn2)cc1)c1ccco1. The Hall–Kier alpha value is -2.70. The van der Waals surface area contributed by atoms with Crippen molar-refractivity contribution in [1.29, 1.82) is 0 Å². The first-order valence-corrected chi connectivity index (χ1v) is 7.63. The van der Waals surface area contributed by atoms with Gasteiger partial charge in [-0.2, -0.15) is 0 Å². The highest BCUT2D eigenvalue weighted by molar-refractivity contribution is 5.29. The standard InChI is InChI=1S/C18H19N3O3/c1-18(22,16-3-2-10-23-16)13-20-11-14-4-6-15(7-5-14)24-17-12-19-8-9-21-17/h2-10,12,20,22H,11,13H2,1H3. The van der Waals surface area contributed by atoms with E-state index in [0.29, 0.717) is 30.5 Å². The van der Waals surface area contributed by atoms with Crippen LogP contribution in [-0.2, 0) is 12.1 Å². The Morgan fingerprint density at radius 3 is 2.71 bits per heavy atom. The molecule has 0 fully saturated rings. The number of nitrogens with zero attached hydrogens (tertiary/aromatic N) is 2. The summed E-state index contributed by atoms with van der Waals surface area (Å²) in [7, 11) is 0. The van der Waals surface area contributed by atoms with Gasteiger partial charge in [0.1, 0.15) is 17.1 Å². The van der Waals surface area contributed by atoms with Crippen molar-refractivity contribution in [3.05, 3.63) is 72.6 Å². The van der Waals surface area contributed by atoms with Gasteiger partial charge in [-0.05, 0) is 36.8 Å². The molecule has 1 atom stereocenters. The van der Waals surface area contributed by atoms with E-state index >= 15 is 0 Å². The van der Waals surface area contributed by atoms with Gasteiger partial charge in [0.15, 0.2) is 0 Å². The van der Waals surface area contributed by atoms with Crippen molar-refractivity contribution in [3.63, 3.8) is 0 Å². The van der Waals surface area contributed by atoms with Crippen LogP contribution >= 0.6 is 0 Å². The predicted molar refractivity (Wildman–Crippen MR) is 88.5 cm³/mol. The Kier molecular flexibility index (Phi) is 4.88. The summed E-state index contributed by atoms with van der Waals surface area (Å²) in [4.78, 5) is 8.02. The molecule has 3 aromatic rings. The largest absolute Gasteiger partial charge is 0.466 e. The second-order valence-electron chi connectivity index (χ2n) is 5.64. The van der Waals surface area contributed by atoms with Crippen LogP contribution < -0.4 is 10.1 Å². The lowest BCUT2D eigenvalue weighted by Crippen LogP contribution is -2.34. The molecule has 1 aromatic carbocycles. The van der Waals surface area contributed by atoms with Crippen LogP contribution in [0.3, 0.4) is 0 Å². The molecule has 0 saturated carbocycles. The summed E-state index contributed by atoms with van der Waals surface area (Å²) in [6, 6.07) is 11.2. The Morgan fingerprint density at radius 2 is 2.04 bits per heavy atom. The quantitative estimate of drug-likeness (QED) is 0.695. The van der Waals surface area contributed by atoms with Crippen molar-refractivity contribution >= 4 is 0 Å². The Labute approximate surface area is 140 Å². The minimum Gasteiger partial charge on any atom is -0.466 e. The molecule has 6 nitrogen and oxygen atoms in total. The van der Waals surface area contributed by atoms with Gasteiger partial charge >= 0.3 is 0 Å². The number of ether oxygens (including phenoxy) is 1. The average molecular weight is 325 g/mol. The summed E-state index contributed by atoms with van der Waals surface area (Å²) >= 11 is 0. The minimum atomic E-state index is -1.04. The maximum Gasteiger partial charge on any atom is 0.237 e. The maximum atomic E-state index is 10.4. The fraction of sp³-hybridized carbons (Fsp3) is 0.222. The molecule has 124 valence electrons. The van der Waals surface area contributed by atoms with Crippen molar-refractivity contribution in [2.24, 2.45) is 0 Å². The van der Waals surface area contributed by atoms with E-state index in [1.54, 1.807) is 43.9 Å². The first-order valence-electron chi connectivity index (χ1n) is 7.63. The Balaban J connectivity index is 1.51. The first kappa shape index (κ1) is 16.2. The van der Waals surface area contributed by atoms with Gasteiger partial charge in [0.25, 0.3) is 0 Å². The summed E-state index contributed by atoms with van der Waals surface area (Å²) < 4.78 is 10.9. The maximum absolute atomic E-state index is 10.4. The molecule has 0 aliphatic rings. The van der Waals surface area contributed by atoms with Crippen LogP contribution in [0.5, 0.6) is 11.6 Å². The van der Waals surface area contributed by atoms with Gasteiger partial charge in [-0.15, -0.1) is 0 Å². The van der Waals surface area contributed by atoms with Crippen molar-refractivity contribution in [2.45, 2.75) is 19.1 Å². The molecule has 0 bridgehead atoms. The first-order chi connectivity index (χ1) is 11.6. The lowest BCUT2D eigenvalue weighted by Gasteiger charge is -2.21. The summed E-state index contributed by atoms with van der Waals surface area (Å²) in [5.74, 6) is 1.70. The van der Waals surface area contributed by atoms with Crippen LogP contribution in [0, 0.1) is 0 Å². The van der Waals surface area contributed by atoms with Gasteiger partial charge in [-0.1, -0.05) is 12.1 Å². The Bertz CT molecular complexity index is 741. The second-order valence-corrected chi connectivity index (χ2v) is 5.64. The molecule has 0 spiro atoms. The van der Waals surface area contributed by atoms with Crippen LogP contribution in [0.1, 0.15) is 18.2 Å². The molecule has 3 rings (SSSR count). The van der Waals surface area contributed by atoms with Gasteiger partial charge in [-0.3, -0.25) is 4.98 Å². The normalized spacial score (nSPS) is 13.4. The molecule has 2 N–H and O–H groups in total. The van der Waals surface area contributed by atoms with Gasteiger partial charge in [0.2, 0.25) is 5.88 Å². The smallest absolute Gasteiger partial charge is 0.237 e. The number of benzene rings is 1. The Morgan fingerprint density at radius 1 is 1.21 bits per heavy atom. The molecule has 2 aromatic heterocycles. The molecule has 6 heteroatoms. The van der Waals surface area contributed by atoms with Crippen molar-refractivity contribution in [2.75, 3.05) is 6.54 Å². The average Bonchev–Trinajstić information content (AvgIpc) is 3.13. The fourth-order valence-electron chi connectivity index (χ4n) is 2.26. The number of nitrogens with one attached hydrogen (secondary N) is 1. The lowest BCUT2D eigenvalue weighted by atomic mass is 10.0. The molecule has 24 heavy (non-hydrogen) atoms. The molecule has 0 amide bonds. The number of hydrogen-bond acceptors (Lipinski definition) is 6. The number of rotatable bonds is 7. The summed E-state index contributed by atoms with van der Waals surface area (Å²) in [6.07, 6.45) is 6.30. The highest BCUT2D eigenvalue weighted by Gasteiger charge is 2.25. The molecule has 2 heterocycles. The summed E-state index contributed by atoms with van der Waals surface area (Å²) in [5.41, 5.74) is 0.0372. The highest BCUT2D eigenvalue weighted by Crippen LogP contribution is 2.21. The van der Waals surface area contributed by atoms with Crippen LogP contribution in [0.15, 0.2) is 65.7 Å². The van der Waals surface area contributed by atoms with E-state index in [1.165, 1.54) is 0 Å². The van der Waals surface area contributed by atoms with E-state index in [9.17, 15) is 5.11 Å². The zero-order valence-electron chi connectivity index (χ0n) is 13.3. The van der Waals surface area contributed by atoms with Crippen LogP contribution in [0.4, 0.5) is 0 Å². The zero-order valence-corrected chi connectivity index (χ0v) is 13.3. The van der Waals surface area contributed by atoms with Gasteiger partial charge in [0.05, 0.1) is 12.5 Å². The van der Waals surface area contributed by atoms with E-state index in [-0.39, 0.29) is 0 Å². The summed E-state index contributed by atoms with van der Waals surface area (Å²) in [6.45, 7) is 2.73. The van der Waals surface area contributed by atoms with Gasteiger partial charge in [-0.25, -0.2) is 4.98 Å². The third-order valence-electron chi connectivity index (χ3n) is 3.54. The van der Waals surface area contributed by atoms with Crippen LogP contribution in [0.25, 0.3) is 0 Å². The van der Waals surface area contributed by atoms with E-state index in [1.807, 2.05) is 24.3 Å². The predicted octanol–water partition coefficient (Wildman–Crippen LogP) is 2.86.